The number of anilines is 1. The van der Waals surface area contributed by atoms with E-state index in [0.717, 1.165) is 11.3 Å². The second kappa shape index (κ2) is 5.29. The smallest absolute Gasteiger partial charge is 0.123 e. The van der Waals surface area contributed by atoms with Crippen molar-refractivity contribution in [3.63, 3.8) is 0 Å². The van der Waals surface area contributed by atoms with Crippen LogP contribution in [0.1, 0.15) is 5.56 Å². The van der Waals surface area contributed by atoms with Gasteiger partial charge < -0.3 is 15.6 Å². The fraction of sp³-hybridized carbons (Fsp3) is 0.273. The molecule has 0 saturated carbocycles. The molecule has 0 aliphatic carbocycles. The maximum absolute atomic E-state index is 8.63. The number of aliphatic hydroxyl groups is 1. The van der Waals surface area contributed by atoms with E-state index >= 15 is 0 Å². The van der Waals surface area contributed by atoms with Crippen LogP contribution in [-0.4, -0.2) is 18.3 Å². The standard InChI is InChI=1S/C11H15NO2/c1-2-3-9-8-10(12)4-5-11(9)14-7-6-13/h2,4-5,8,13H,1,3,6-7,12H2. The van der Waals surface area contributed by atoms with Crippen molar-refractivity contribution < 1.29 is 9.84 Å². The van der Waals surface area contributed by atoms with Crippen molar-refractivity contribution in [2.24, 2.45) is 0 Å². The highest BCUT2D eigenvalue weighted by Gasteiger charge is 2.02. The first kappa shape index (κ1) is 10.6. The lowest BCUT2D eigenvalue weighted by Gasteiger charge is -2.09. The molecule has 0 unspecified atom stereocenters. The molecule has 1 rings (SSSR count). The zero-order chi connectivity index (χ0) is 10.4. The molecule has 14 heavy (non-hydrogen) atoms. The van der Waals surface area contributed by atoms with Crippen molar-refractivity contribution in [3.8, 4) is 5.75 Å². The Morgan fingerprint density at radius 1 is 1.50 bits per heavy atom. The Morgan fingerprint density at radius 3 is 2.93 bits per heavy atom. The van der Waals surface area contributed by atoms with Gasteiger partial charge in [0.25, 0.3) is 0 Å². The molecule has 3 heteroatoms. The third-order valence-electron chi connectivity index (χ3n) is 1.80. The van der Waals surface area contributed by atoms with Crippen molar-refractivity contribution in [1.29, 1.82) is 0 Å². The third kappa shape index (κ3) is 2.78. The Labute approximate surface area is 83.8 Å². The quantitative estimate of drug-likeness (QED) is 0.548. The topological polar surface area (TPSA) is 55.5 Å². The fourth-order valence-corrected chi connectivity index (χ4v) is 1.21. The zero-order valence-electron chi connectivity index (χ0n) is 8.07. The van der Waals surface area contributed by atoms with Gasteiger partial charge in [0, 0.05) is 5.69 Å². The molecular formula is C11H15NO2. The predicted molar refractivity (Wildman–Crippen MR) is 57.3 cm³/mol. The minimum atomic E-state index is 0.0118. The minimum absolute atomic E-state index is 0.0118. The number of benzene rings is 1. The Morgan fingerprint density at radius 2 is 2.29 bits per heavy atom. The van der Waals surface area contributed by atoms with E-state index < -0.39 is 0 Å². The monoisotopic (exact) mass is 193 g/mol. The van der Waals surface area contributed by atoms with Crippen LogP contribution in [0.2, 0.25) is 0 Å². The Balaban J connectivity index is 2.83. The van der Waals surface area contributed by atoms with Gasteiger partial charge in [0.2, 0.25) is 0 Å². The van der Waals surface area contributed by atoms with Gasteiger partial charge in [0.05, 0.1) is 6.61 Å². The lowest BCUT2D eigenvalue weighted by Crippen LogP contribution is -2.04. The average Bonchev–Trinajstić information content (AvgIpc) is 2.17. The highest BCUT2D eigenvalue weighted by atomic mass is 16.5. The molecule has 1 aromatic rings. The summed E-state index contributed by atoms with van der Waals surface area (Å²) in [6, 6.07) is 5.44. The first-order chi connectivity index (χ1) is 6.77. The number of ether oxygens (including phenoxy) is 1. The fourth-order valence-electron chi connectivity index (χ4n) is 1.21. The van der Waals surface area contributed by atoms with Gasteiger partial charge in [0.1, 0.15) is 12.4 Å². The molecule has 0 aromatic heterocycles. The van der Waals surface area contributed by atoms with Crippen LogP contribution in [-0.2, 0) is 6.42 Å². The predicted octanol–water partition coefficient (Wildman–Crippen LogP) is 1.37. The summed E-state index contributed by atoms with van der Waals surface area (Å²) in [5, 5.41) is 8.63. The van der Waals surface area contributed by atoms with E-state index in [1.54, 1.807) is 12.1 Å². The maximum Gasteiger partial charge on any atom is 0.123 e. The lowest BCUT2D eigenvalue weighted by atomic mass is 10.1. The second-order valence-electron chi connectivity index (χ2n) is 2.93. The molecule has 0 amide bonds. The Hall–Kier alpha value is -1.48. The van der Waals surface area contributed by atoms with Gasteiger partial charge in [-0.3, -0.25) is 0 Å². The summed E-state index contributed by atoms with van der Waals surface area (Å²) >= 11 is 0. The van der Waals surface area contributed by atoms with E-state index in [4.69, 9.17) is 15.6 Å². The molecule has 0 spiro atoms. The molecule has 0 bridgehead atoms. The van der Waals surface area contributed by atoms with Gasteiger partial charge in [-0.25, -0.2) is 0 Å². The highest BCUT2D eigenvalue weighted by molar-refractivity contribution is 5.48. The van der Waals surface area contributed by atoms with Crippen LogP contribution in [0.5, 0.6) is 5.75 Å². The van der Waals surface area contributed by atoms with Crippen LogP contribution in [0.25, 0.3) is 0 Å². The number of aliphatic hydroxyl groups excluding tert-OH is 1. The zero-order valence-corrected chi connectivity index (χ0v) is 8.07. The highest BCUT2D eigenvalue weighted by Crippen LogP contribution is 2.22. The summed E-state index contributed by atoms with van der Waals surface area (Å²) in [7, 11) is 0. The van der Waals surface area contributed by atoms with E-state index in [0.29, 0.717) is 18.7 Å². The van der Waals surface area contributed by atoms with Crippen LogP contribution in [0.4, 0.5) is 5.69 Å². The number of rotatable bonds is 5. The average molecular weight is 193 g/mol. The molecular weight excluding hydrogens is 178 g/mol. The summed E-state index contributed by atoms with van der Waals surface area (Å²) in [4.78, 5) is 0. The molecule has 0 saturated heterocycles. The van der Waals surface area contributed by atoms with E-state index in [9.17, 15) is 0 Å². The molecule has 3 N–H and O–H groups in total. The molecule has 0 fully saturated rings. The first-order valence-corrected chi connectivity index (χ1v) is 4.51. The largest absolute Gasteiger partial charge is 0.491 e. The van der Waals surface area contributed by atoms with Crippen LogP contribution < -0.4 is 10.5 Å². The van der Waals surface area contributed by atoms with Crippen molar-refractivity contribution >= 4 is 5.69 Å². The van der Waals surface area contributed by atoms with Crippen LogP contribution >= 0.6 is 0 Å². The summed E-state index contributed by atoms with van der Waals surface area (Å²) < 4.78 is 5.34. The number of hydrogen-bond acceptors (Lipinski definition) is 3. The third-order valence-corrected chi connectivity index (χ3v) is 1.80. The summed E-state index contributed by atoms with van der Waals surface area (Å²) in [6.07, 6.45) is 2.51. The molecule has 0 atom stereocenters. The van der Waals surface area contributed by atoms with Crippen molar-refractivity contribution in [2.45, 2.75) is 6.42 Å². The number of hydrogen-bond donors (Lipinski definition) is 2. The molecule has 0 aliphatic rings. The van der Waals surface area contributed by atoms with E-state index in [2.05, 4.69) is 6.58 Å². The van der Waals surface area contributed by atoms with Crippen molar-refractivity contribution in [1.82, 2.24) is 0 Å². The molecule has 0 aliphatic heterocycles. The summed E-state index contributed by atoms with van der Waals surface area (Å²) in [6.45, 7) is 3.97. The van der Waals surface area contributed by atoms with Crippen LogP contribution in [0.15, 0.2) is 30.9 Å². The molecule has 0 heterocycles. The Bertz CT molecular complexity index is 310. The van der Waals surface area contributed by atoms with Gasteiger partial charge in [-0.1, -0.05) is 6.08 Å². The summed E-state index contributed by atoms with van der Waals surface area (Å²) in [5.74, 6) is 0.758. The van der Waals surface area contributed by atoms with Gasteiger partial charge >= 0.3 is 0 Å². The number of nitrogens with two attached hydrogens (primary N) is 1. The lowest BCUT2D eigenvalue weighted by molar-refractivity contribution is 0.200. The van der Waals surface area contributed by atoms with Crippen LogP contribution in [0, 0.1) is 0 Å². The second-order valence-corrected chi connectivity index (χ2v) is 2.93. The van der Waals surface area contributed by atoms with Crippen molar-refractivity contribution in [3.05, 3.63) is 36.4 Å². The normalized spacial score (nSPS) is 9.79. The van der Waals surface area contributed by atoms with Gasteiger partial charge in [-0.05, 0) is 30.2 Å². The van der Waals surface area contributed by atoms with E-state index in [-0.39, 0.29) is 6.61 Å². The maximum atomic E-state index is 8.63. The van der Waals surface area contributed by atoms with E-state index in [1.165, 1.54) is 0 Å². The van der Waals surface area contributed by atoms with Gasteiger partial charge in [-0.15, -0.1) is 6.58 Å². The van der Waals surface area contributed by atoms with E-state index in [1.807, 2.05) is 12.1 Å². The Kier molecular flexibility index (Phi) is 4.01. The van der Waals surface area contributed by atoms with Crippen molar-refractivity contribution in [2.75, 3.05) is 18.9 Å². The number of allylic oxidation sites excluding steroid dienone is 1. The summed E-state index contributed by atoms with van der Waals surface area (Å²) in [5.41, 5.74) is 7.35. The SMILES string of the molecule is C=CCc1cc(N)ccc1OCCO. The molecule has 3 nitrogen and oxygen atoms in total. The van der Waals surface area contributed by atoms with Gasteiger partial charge in [0.15, 0.2) is 0 Å². The minimum Gasteiger partial charge on any atom is -0.491 e. The molecule has 0 radical (unpaired) electrons. The first-order valence-electron chi connectivity index (χ1n) is 4.51. The van der Waals surface area contributed by atoms with Crippen LogP contribution in [0.3, 0.4) is 0 Å². The van der Waals surface area contributed by atoms with Gasteiger partial charge in [-0.2, -0.15) is 0 Å². The molecule has 76 valence electrons. The molecule has 1 aromatic carbocycles. The number of nitrogen functional groups attached to an aromatic ring is 1.